The van der Waals surface area contributed by atoms with Crippen LogP contribution in [0.5, 0.6) is 0 Å². The third-order valence-electron chi connectivity index (χ3n) is 2.03. The summed E-state index contributed by atoms with van der Waals surface area (Å²) in [6, 6.07) is 0. The molecule has 3 nitrogen and oxygen atoms in total. The van der Waals surface area contributed by atoms with Crippen LogP contribution in [0.1, 0.15) is 12.8 Å². The topological polar surface area (TPSA) is 52.3 Å². The lowest BCUT2D eigenvalue weighted by Gasteiger charge is -2.21. The minimum absolute atomic E-state index is 0.251. The van der Waals surface area contributed by atoms with Crippen molar-refractivity contribution in [3.8, 4) is 0 Å². The second-order valence-electron chi connectivity index (χ2n) is 2.78. The molecule has 0 atom stereocenters. The Hall–Kier alpha value is -0.830. The number of ether oxygens (including phenoxy) is 1. The third kappa shape index (κ3) is 2.05. The zero-order valence-electron chi connectivity index (χ0n) is 6.51. The highest BCUT2D eigenvalue weighted by atomic mass is 16.5. The van der Waals surface area contributed by atoms with Crippen molar-refractivity contribution >= 4 is 5.91 Å². The van der Waals surface area contributed by atoms with Gasteiger partial charge in [0.05, 0.1) is 0 Å². The lowest BCUT2D eigenvalue weighted by molar-refractivity contribution is -0.115. The lowest BCUT2D eigenvalue weighted by Crippen LogP contribution is -2.24. The molecule has 0 aromatic rings. The van der Waals surface area contributed by atoms with Crippen molar-refractivity contribution in [3.05, 3.63) is 12.2 Å². The molecular formula is C8H13NO2. The molecule has 0 aromatic carbocycles. The molecule has 11 heavy (non-hydrogen) atoms. The van der Waals surface area contributed by atoms with Crippen LogP contribution in [0.4, 0.5) is 0 Å². The van der Waals surface area contributed by atoms with Crippen LogP contribution < -0.4 is 5.73 Å². The zero-order valence-corrected chi connectivity index (χ0v) is 6.51. The maximum atomic E-state index is 10.7. The van der Waals surface area contributed by atoms with Gasteiger partial charge in [0.15, 0.2) is 0 Å². The lowest BCUT2D eigenvalue weighted by atomic mass is 9.92. The van der Waals surface area contributed by atoms with Gasteiger partial charge in [0, 0.05) is 18.8 Å². The molecule has 3 heteroatoms. The van der Waals surface area contributed by atoms with E-state index < -0.39 is 0 Å². The van der Waals surface area contributed by atoms with E-state index >= 15 is 0 Å². The predicted molar refractivity (Wildman–Crippen MR) is 41.9 cm³/mol. The molecule has 1 rings (SSSR count). The smallest absolute Gasteiger partial charge is 0.244 e. The molecule has 0 aromatic heterocycles. The summed E-state index contributed by atoms with van der Waals surface area (Å²) in [5, 5.41) is 0. The summed E-state index contributed by atoms with van der Waals surface area (Å²) in [7, 11) is 0. The molecule has 2 N–H and O–H groups in total. The SMILES string of the molecule is C=C(C(N)=O)C1CCOCC1. The zero-order chi connectivity index (χ0) is 8.27. The van der Waals surface area contributed by atoms with Crippen LogP contribution in [-0.4, -0.2) is 19.1 Å². The number of hydrogen-bond donors (Lipinski definition) is 1. The van der Waals surface area contributed by atoms with E-state index in [2.05, 4.69) is 6.58 Å². The van der Waals surface area contributed by atoms with Crippen molar-refractivity contribution in [1.82, 2.24) is 0 Å². The highest BCUT2D eigenvalue weighted by Gasteiger charge is 2.19. The Kier molecular flexibility index (Phi) is 2.65. The van der Waals surface area contributed by atoms with Crippen LogP contribution in [0, 0.1) is 5.92 Å². The van der Waals surface area contributed by atoms with Gasteiger partial charge in [0.2, 0.25) is 5.91 Å². The summed E-state index contributed by atoms with van der Waals surface area (Å²) >= 11 is 0. The van der Waals surface area contributed by atoms with Gasteiger partial charge in [-0.25, -0.2) is 0 Å². The number of hydrogen-bond acceptors (Lipinski definition) is 2. The molecule has 1 fully saturated rings. The third-order valence-corrected chi connectivity index (χ3v) is 2.03. The summed E-state index contributed by atoms with van der Waals surface area (Å²) in [5.74, 6) is -0.127. The molecule has 1 aliphatic rings. The number of amides is 1. The van der Waals surface area contributed by atoms with E-state index in [4.69, 9.17) is 10.5 Å². The average molecular weight is 155 g/mol. The maximum Gasteiger partial charge on any atom is 0.244 e. The fourth-order valence-electron chi connectivity index (χ4n) is 1.25. The van der Waals surface area contributed by atoms with E-state index in [1.165, 1.54) is 0 Å². The van der Waals surface area contributed by atoms with E-state index in [-0.39, 0.29) is 11.8 Å². The average Bonchev–Trinajstić information content (AvgIpc) is 2.05. The molecular weight excluding hydrogens is 142 g/mol. The fraction of sp³-hybridized carbons (Fsp3) is 0.625. The molecule has 1 aliphatic heterocycles. The van der Waals surface area contributed by atoms with Gasteiger partial charge in [-0.3, -0.25) is 4.79 Å². The molecule has 0 radical (unpaired) electrons. The Morgan fingerprint density at radius 3 is 2.45 bits per heavy atom. The quantitative estimate of drug-likeness (QED) is 0.589. The van der Waals surface area contributed by atoms with E-state index in [0.717, 1.165) is 26.1 Å². The van der Waals surface area contributed by atoms with Crippen LogP contribution in [0.15, 0.2) is 12.2 Å². The highest BCUT2D eigenvalue weighted by molar-refractivity contribution is 5.91. The number of carbonyl (C=O) groups excluding carboxylic acids is 1. The van der Waals surface area contributed by atoms with Crippen LogP contribution in [0.25, 0.3) is 0 Å². The van der Waals surface area contributed by atoms with Crippen LogP contribution in [-0.2, 0) is 9.53 Å². The molecule has 1 amide bonds. The van der Waals surface area contributed by atoms with Gasteiger partial charge in [0.25, 0.3) is 0 Å². The summed E-state index contributed by atoms with van der Waals surface area (Å²) < 4.78 is 5.14. The fourth-order valence-corrected chi connectivity index (χ4v) is 1.25. The number of primary amides is 1. The minimum atomic E-state index is -0.378. The maximum absolute atomic E-state index is 10.7. The normalized spacial score (nSPS) is 19.6. The van der Waals surface area contributed by atoms with Crippen LogP contribution in [0.3, 0.4) is 0 Å². The van der Waals surface area contributed by atoms with Crippen molar-refractivity contribution in [2.24, 2.45) is 11.7 Å². The van der Waals surface area contributed by atoms with Crippen molar-refractivity contribution in [1.29, 1.82) is 0 Å². The van der Waals surface area contributed by atoms with Gasteiger partial charge in [-0.05, 0) is 18.8 Å². The molecule has 1 saturated heterocycles. The Morgan fingerprint density at radius 1 is 1.45 bits per heavy atom. The van der Waals surface area contributed by atoms with Crippen molar-refractivity contribution in [3.63, 3.8) is 0 Å². The van der Waals surface area contributed by atoms with E-state index in [0.29, 0.717) is 5.57 Å². The Morgan fingerprint density at radius 2 is 2.00 bits per heavy atom. The van der Waals surface area contributed by atoms with Crippen LogP contribution >= 0.6 is 0 Å². The standard InChI is InChI=1S/C8H13NO2/c1-6(8(9)10)7-2-4-11-5-3-7/h7H,1-5H2,(H2,9,10). The van der Waals surface area contributed by atoms with Gasteiger partial charge < -0.3 is 10.5 Å². The summed E-state index contributed by atoms with van der Waals surface area (Å²) in [6.07, 6.45) is 1.75. The predicted octanol–water partition coefficient (Wildman–Crippen LogP) is 0.455. The molecule has 0 unspecified atom stereocenters. The number of rotatable bonds is 2. The van der Waals surface area contributed by atoms with E-state index in [9.17, 15) is 4.79 Å². The second kappa shape index (κ2) is 3.53. The van der Waals surface area contributed by atoms with Gasteiger partial charge in [-0.2, -0.15) is 0 Å². The first-order valence-electron chi connectivity index (χ1n) is 3.78. The second-order valence-corrected chi connectivity index (χ2v) is 2.78. The summed E-state index contributed by atoms with van der Waals surface area (Å²) in [5.41, 5.74) is 5.64. The Balaban J connectivity index is 2.45. The summed E-state index contributed by atoms with van der Waals surface area (Å²) in [6.45, 7) is 5.09. The molecule has 0 bridgehead atoms. The number of nitrogens with two attached hydrogens (primary N) is 1. The summed E-state index contributed by atoms with van der Waals surface area (Å²) in [4.78, 5) is 10.7. The van der Waals surface area contributed by atoms with E-state index in [1.807, 2.05) is 0 Å². The monoisotopic (exact) mass is 155 g/mol. The van der Waals surface area contributed by atoms with Crippen molar-refractivity contribution < 1.29 is 9.53 Å². The minimum Gasteiger partial charge on any atom is -0.381 e. The van der Waals surface area contributed by atoms with Crippen molar-refractivity contribution in [2.75, 3.05) is 13.2 Å². The van der Waals surface area contributed by atoms with Crippen LogP contribution in [0.2, 0.25) is 0 Å². The van der Waals surface area contributed by atoms with Gasteiger partial charge in [-0.15, -0.1) is 0 Å². The largest absolute Gasteiger partial charge is 0.381 e. The van der Waals surface area contributed by atoms with Gasteiger partial charge in [0.1, 0.15) is 0 Å². The molecule has 0 spiro atoms. The molecule has 62 valence electrons. The Bertz CT molecular complexity index is 171. The van der Waals surface area contributed by atoms with Crippen molar-refractivity contribution in [2.45, 2.75) is 12.8 Å². The molecule has 0 saturated carbocycles. The van der Waals surface area contributed by atoms with Gasteiger partial charge >= 0.3 is 0 Å². The highest BCUT2D eigenvalue weighted by Crippen LogP contribution is 2.21. The molecule has 0 aliphatic carbocycles. The first kappa shape index (κ1) is 8.27. The first-order chi connectivity index (χ1) is 5.22. The number of carbonyl (C=O) groups is 1. The van der Waals surface area contributed by atoms with Gasteiger partial charge in [-0.1, -0.05) is 6.58 Å². The van der Waals surface area contributed by atoms with E-state index in [1.54, 1.807) is 0 Å². The first-order valence-corrected chi connectivity index (χ1v) is 3.78. The Labute approximate surface area is 66.2 Å². The molecule has 1 heterocycles.